The Labute approximate surface area is 188 Å². The van der Waals surface area contributed by atoms with Crippen LogP contribution in [0.2, 0.25) is 0 Å². The highest BCUT2D eigenvalue weighted by molar-refractivity contribution is 6.00. The molecule has 1 amide bonds. The number of amides is 1. The van der Waals surface area contributed by atoms with Crippen LogP contribution in [0.15, 0.2) is 48.7 Å². The van der Waals surface area contributed by atoms with Crippen LogP contribution in [-0.4, -0.2) is 40.3 Å². The first-order valence-electron chi connectivity index (χ1n) is 11.6. The molecule has 0 saturated carbocycles. The predicted octanol–water partition coefficient (Wildman–Crippen LogP) is 5.39. The summed E-state index contributed by atoms with van der Waals surface area (Å²) in [6, 6.07) is 14.1. The number of H-pyrrole nitrogens is 1. The van der Waals surface area contributed by atoms with Gasteiger partial charge in [0, 0.05) is 49.5 Å². The molecule has 166 valence electrons. The van der Waals surface area contributed by atoms with Crippen molar-refractivity contribution < 1.29 is 14.3 Å². The number of fused-ring (bicyclic) bond motifs is 2. The first-order chi connectivity index (χ1) is 15.5. The molecule has 1 unspecified atom stereocenters. The molecule has 32 heavy (non-hydrogen) atoms. The molecule has 0 aliphatic carbocycles. The number of rotatable bonds is 4. The molecular formula is C27H30N2O3. The van der Waals surface area contributed by atoms with E-state index in [1.54, 1.807) is 0 Å². The van der Waals surface area contributed by atoms with Crippen molar-refractivity contribution in [1.29, 1.82) is 0 Å². The van der Waals surface area contributed by atoms with Gasteiger partial charge < -0.3 is 14.6 Å². The molecular weight excluding hydrogens is 400 g/mol. The largest absolute Gasteiger partial charge is 0.486 e. The van der Waals surface area contributed by atoms with E-state index < -0.39 is 5.60 Å². The second-order valence-corrected chi connectivity index (χ2v) is 9.36. The standard InChI is InChI=1S/C27H30N2O3/c1-3-19(22-17-28-23-7-5-4-6-20(22)23)15-26(31)29-12-10-27(11-13-29)16-24(30)21-14-18(2)8-9-25(21)32-27/h4-9,14,17,19,28H,3,10-13,15-16H2,1-2H3. The third-order valence-corrected chi connectivity index (χ3v) is 7.25. The van der Waals surface area contributed by atoms with E-state index in [2.05, 4.69) is 30.2 Å². The number of ketones is 1. The van der Waals surface area contributed by atoms with Gasteiger partial charge in [-0.3, -0.25) is 9.59 Å². The first-order valence-corrected chi connectivity index (χ1v) is 11.6. The van der Waals surface area contributed by atoms with Gasteiger partial charge in [0.15, 0.2) is 5.78 Å². The Morgan fingerprint density at radius 1 is 1.19 bits per heavy atom. The van der Waals surface area contributed by atoms with Crippen LogP contribution in [0.5, 0.6) is 5.75 Å². The van der Waals surface area contributed by atoms with Gasteiger partial charge in [-0.1, -0.05) is 36.8 Å². The van der Waals surface area contributed by atoms with E-state index in [1.165, 1.54) is 10.9 Å². The summed E-state index contributed by atoms with van der Waals surface area (Å²) in [5.41, 5.74) is 3.62. The molecule has 1 atom stereocenters. The van der Waals surface area contributed by atoms with Gasteiger partial charge in [-0.15, -0.1) is 0 Å². The van der Waals surface area contributed by atoms with Gasteiger partial charge in [0.25, 0.3) is 0 Å². The fourth-order valence-corrected chi connectivity index (χ4v) is 5.30. The maximum absolute atomic E-state index is 13.2. The Hall–Kier alpha value is -3.08. The van der Waals surface area contributed by atoms with E-state index in [1.807, 2.05) is 42.2 Å². The summed E-state index contributed by atoms with van der Waals surface area (Å²) in [7, 11) is 0. The average Bonchev–Trinajstić information content (AvgIpc) is 3.22. The molecule has 2 aliphatic heterocycles. The molecule has 0 bridgehead atoms. The second kappa shape index (κ2) is 8.12. The number of nitrogens with zero attached hydrogens (tertiary/aromatic N) is 1. The van der Waals surface area contributed by atoms with Crippen molar-refractivity contribution in [3.05, 3.63) is 65.4 Å². The van der Waals surface area contributed by atoms with Gasteiger partial charge in [0.1, 0.15) is 11.4 Å². The van der Waals surface area contributed by atoms with E-state index in [-0.39, 0.29) is 17.6 Å². The number of aromatic amines is 1. The topological polar surface area (TPSA) is 62.4 Å². The SMILES string of the molecule is CCC(CC(=O)N1CCC2(CC1)CC(=O)c1cc(C)ccc1O2)c1c[nH]c2ccccc12. The lowest BCUT2D eigenvalue weighted by Gasteiger charge is -2.44. The number of aryl methyl sites for hydroxylation is 1. The summed E-state index contributed by atoms with van der Waals surface area (Å²) in [6.07, 6.45) is 5.27. The molecule has 2 aromatic carbocycles. The van der Waals surface area contributed by atoms with E-state index >= 15 is 0 Å². The number of carbonyl (C=O) groups is 2. The molecule has 5 rings (SSSR count). The maximum atomic E-state index is 13.2. The lowest BCUT2D eigenvalue weighted by molar-refractivity contribution is -0.135. The van der Waals surface area contributed by atoms with Crippen LogP contribution >= 0.6 is 0 Å². The fourth-order valence-electron chi connectivity index (χ4n) is 5.30. The van der Waals surface area contributed by atoms with Crippen LogP contribution in [0.4, 0.5) is 0 Å². The zero-order valence-electron chi connectivity index (χ0n) is 18.8. The minimum Gasteiger partial charge on any atom is -0.486 e. The predicted molar refractivity (Wildman–Crippen MR) is 125 cm³/mol. The Kier molecular flexibility index (Phi) is 5.28. The van der Waals surface area contributed by atoms with Gasteiger partial charge in [-0.25, -0.2) is 0 Å². The van der Waals surface area contributed by atoms with Crippen LogP contribution in [0.3, 0.4) is 0 Å². The zero-order valence-corrected chi connectivity index (χ0v) is 18.8. The summed E-state index contributed by atoms with van der Waals surface area (Å²) in [4.78, 5) is 31.3. The van der Waals surface area contributed by atoms with E-state index in [9.17, 15) is 9.59 Å². The number of nitrogens with one attached hydrogen (secondary N) is 1. The number of hydrogen-bond acceptors (Lipinski definition) is 3. The summed E-state index contributed by atoms with van der Waals surface area (Å²) >= 11 is 0. The third kappa shape index (κ3) is 3.70. The number of likely N-dealkylation sites (tertiary alicyclic amines) is 1. The number of carbonyl (C=O) groups excluding carboxylic acids is 2. The number of ether oxygens (including phenoxy) is 1. The summed E-state index contributed by atoms with van der Waals surface area (Å²) in [6.45, 7) is 5.41. The smallest absolute Gasteiger partial charge is 0.223 e. The third-order valence-electron chi connectivity index (χ3n) is 7.25. The van der Waals surface area contributed by atoms with Crippen molar-refractivity contribution in [2.45, 2.75) is 57.5 Å². The molecule has 3 heterocycles. The second-order valence-electron chi connectivity index (χ2n) is 9.36. The molecule has 1 saturated heterocycles. The number of Topliss-reactive ketones (excluding diaryl/α,β-unsaturated/α-hetero) is 1. The van der Waals surface area contributed by atoms with Crippen LogP contribution in [0, 0.1) is 6.92 Å². The summed E-state index contributed by atoms with van der Waals surface area (Å²) in [5.74, 6) is 1.23. The van der Waals surface area contributed by atoms with E-state index in [4.69, 9.17) is 4.74 Å². The molecule has 1 N–H and O–H groups in total. The molecule has 0 radical (unpaired) electrons. The fraction of sp³-hybridized carbons (Fsp3) is 0.407. The Bertz CT molecular complexity index is 1170. The number of para-hydroxylation sites is 1. The maximum Gasteiger partial charge on any atom is 0.223 e. The number of aromatic nitrogens is 1. The lowest BCUT2D eigenvalue weighted by atomic mass is 9.82. The van der Waals surface area contributed by atoms with Crippen molar-refractivity contribution in [2.24, 2.45) is 0 Å². The number of hydrogen-bond donors (Lipinski definition) is 1. The Balaban J connectivity index is 1.25. The van der Waals surface area contributed by atoms with E-state index in [0.29, 0.717) is 50.1 Å². The van der Waals surface area contributed by atoms with Crippen LogP contribution in [0.25, 0.3) is 10.9 Å². The molecule has 2 aliphatic rings. The van der Waals surface area contributed by atoms with Gasteiger partial charge >= 0.3 is 0 Å². The quantitative estimate of drug-likeness (QED) is 0.604. The first kappa shape index (κ1) is 20.8. The molecule has 1 aromatic heterocycles. The van der Waals surface area contributed by atoms with Crippen molar-refractivity contribution in [1.82, 2.24) is 9.88 Å². The summed E-state index contributed by atoms with van der Waals surface area (Å²) < 4.78 is 6.36. The van der Waals surface area contributed by atoms with E-state index in [0.717, 1.165) is 17.5 Å². The molecule has 5 heteroatoms. The van der Waals surface area contributed by atoms with Crippen molar-refractivity contribution in [2.75, 3.05) is 13.1 Å². The van der Waals surface area contributed by atoms with Gasteiger partial charge in [-0.05, 0) is 43.0 Å². The number of piperidine rings is 1. The Morgan fingerprint density at radius 2 is 1.97 bits per heavy atom. The Morgan fingerprint density at radius 3 is 2.75 bits per heavy atom. The van der Waals surface area contributed by atoms with Gasteiger partial charge in [0.2, 0.25) is 5.91 Å². The molecule has 1 spiro atoms. The zero-order chi connectivity index (χ0) is 22.3. The van der Waals surface area contributed by atoms with Crippen LogP contribution in [0.1, 0.15) is 66.4 Å². The monoisotopic (exact) mass is 430 g/mol. The minimum absolute atomic E-state index is 0.153. The average molecular weight is 431 g/mol. The van der Waals surface area contributed by atoms with Crippen molar-refractivity contribution in [3.8, 4) is 5.75 Å². The molecule has 5 nitrogen and oxygen atoms in total. The van der Waals surface area contributed by atoms with Crippen molar-refractivity contribution in [3.63, 3.8) is 0 Å². The minimum atomic E-state index is -0.475. The van der Waals surface area contributed by atoms with Gasteiger partial charge in [-0.2, -0.15) is 0 Å². The van der Waals surface area contributed by atoms with Crippen LogP contribution in [-0.2, 0) is 4.79 Å². The van der Waals surface area contributed by atoms with Gasteiger partial charge in [0.05, 0.1) is 12.0 Å². The normalized spacial score (nSPS) is 18.4. The van der Waals surface area contributed by atoms with Crippen LogP contribution < -0.4 is 4.74 Å². The number of benzene rings is 2. The lowest BCUT2D eigenvalue weighted by Crippen LogP contribution is -2.52. The van der Waals surface area contributed by atoms with Crippen molar-refractivity contribution >= 4 is 22.6 Å². The molecule has 1 fully saturated rings. The highest BCUT2D eigenvalue weighted by atomic mass is 16.5. The highest BCUT2D eigenvalue weighted by Gasteiger charge is 2.43. The highest BCUT2D eigenvalue weighted by Crippen LogP contribution is 2.40. The molecule has 3 aromatic rings. The summed E-state index contributed by atoms with van der Waals surface area (Å²) in [5, 5.41) is 1.20.